The van der Waals surface area contributed by atoms with Gasteiger partial charge in [0.2, 0.25) is 0 Å². The summed E-state index contributed by atoms with van der Waals surface area (Å²) >= 11 is 6.15. The first kappa shape index (κ1) is 18.7. The summed E-state index contributed by atoms with van der Waals surface area (Å²) in [6.07, 6.45) is 0. The number of nitrogens with zero attached hydrogens (tertiary/aromatic N) is 2. The lowest BCUT2D eigenvalue weighted by Crippen LogP contribution is -2.41. The minimum atomic E-state index is 0.564. The van der Waals surface area contributed by atoms with E-state index in [0.717, 1.165) is 49.3 Å². The minimum Gasteiger partial charge on any atom is -0.383 e. The van der Waals surface area contributed by atoms with Gasteiger partial charge in [0.05, 0.1) is 13.2 Å². The highest BCUT2D eigenvalue weighted by atomic mass is 35.5. The molecule has 1 aromatic rings. The Balaban J connectivity index is 2.44. The zero-order valence-electron chi connectivity index (χ0n) is 13.7. The smallest absolute Gasteiger partial charge is 0.191 e. The monoisotopic (exact) mass is 326 g/mol. The molecule has 0 spiro atoms. The first-order valence-electron chi connectivity index (χ1n) is 7.60. The molecular weight excluding hydrogens is 300 g/mol. The summed E-state index contributed by atoms with van der Waals surface area (Å²) in [4.78, 5) is 6.79. The molecule has 0 unspecified atom stereocenters. The summed E-state index contributed by atoms with van der Waals surface area (Å²) in [5.41, 5.74) is 1.03. The fourth-order valence-electron chi connectivity index (χ4n) is 1.86. The Morgan fingerprint density at radius 2 is 2.05 bits per heavy atom. The van der Waals surface area contributed by atoms with Crippen LogP contribution in [0.1, 0.15) is 12.5 Å². The topological polar surface area (TPSA) is 48.9 Å². The molecule has 0 amide bonds. The Morgan fingerprint density at radius 3 is 2.73 bits per heavy atom. The minimum absolute atomic E-state index is 0.564. The van der Waals surface area contributed by atoms with Gasteiger partial charge in [0.25, 0.3) is 0 Å². The van der Waals surface area contributed by atoms with Crippen LogP contribution in [0.4, 0.5) is 0 Å². The van der Waals surface area contributed by atoms with E-state index >= 15 is 0 Å². The van der Waals surface area contributed by atoms with Gasteiger partial charge in [0.1, 0.15) is 0 Å². The van der Waals surface area contributed by atoms with Crippen molar-refractivity contribution in [1.29, 1.82) is 0 Å². The molecular formula is C16H27ClN4O. The first-order chi connectivity index (χ1) is 10.7. The number of rotatable bonds is 9. The molecule has 1 rings (SSSR count). The van der Waals surface area contributed by atoms with Crippen molar-refractivity contribution in [3.05, 3.63) is 34.9 Å². The largest absolute Gasteiger partial charge is 0.383 e. The van der Waals surface area contributed by atoms with Crippen LogP contribution in [0.3, 0.4) is 0 Å². The zero-order chi connectivity index (χ0) is 16.2. The maximum absolute atomic E-state index is 6.15. The molecule has 0 saturated heterocycles. The van der Waals surface area contributed by atoms with Crippen LogP contribution in [-0.2, 0) is 11.3 Å². The number of halogens is 1. The van der Waals surface area contributed by atoms with Crippen molar-refractivity contribution in [3.8, 4) is 0 Å². The van der Waals surface area contributed by atoms with E-state index < -0.39 is 0 Å². The Bertz CT molecular complexity index is 454. The molecule has 0 heterocycles. The van der Waals surface area contributed by atoms with Crippen LogP contribution < -0.4 is 10.6 Å². The molecule has 5 nitrogen and oxygen atoms in total. The summed E-state index contributed by atoms with van der Waals surface area (Å²) in [5, 5.41) is 7.32. The van der Waals surface area contributed by atoms with Gasteiger partial charge in [-0.2, -0.15) is 0 Å². The lowest BCUT2D eigenvalue weighted by molar-refractivity contribution is 0.162. The van der Waals surface area contributed by atoms with Crippen LogP contribution in [0.2, 0.25) is 5.02 Å². The predicted octanol–water partition coefficient (Wildman–Crippen LogP) is 1.97. The molecule has 22 heavy (non-hydrogen) atoms. The van der Waals surface area contributed by atoms with E-state index in [9.17, 15) is 0 Å². The Kier molecular flexibility index (Phi) is 9.62. The quantitative estimate of drug-likeness (QED) is 0.538. The maximum atomic E-state index is 6.15. The molecule has 0 fully saturated rings. The highest BCUT2D eigenvalue weighted by Gasteiger charge is 2.02. The van der Waals surface area contributed by atoms with Gasteiger partial charge in [0, 0.05) is 38.3 Å². The van der Waals surface area contributed by atoms with Crippen LogP contribution >= 0.6 is 11.6 Å². The van der Waals surface area contributed by atoms with Crippen LogP contribution in [-0.4, -0.2) is 57.8 Å². The standard InChI is InChI=1S/C16H27ClN4O/c1-4-18-16(19-9-10-21(2)11-12-22-3)20-13-14-7-5-6-8-15(14)17/h5-8H,4,9-13H2,1-3H3,(H2,18,19,20). The average molecular weight is 327 g/mol. The van der Waals surface area contributed by atoms with E-state index in [1.165, 1.54) is 0 Å². The fourth-order valence-corrected chi connectivity index (χ4v) is 2.05. The summed E-state index contributed by atoms with van der Waals surface area (Å²) < 4.78 is 5.07. The van der Waals surface area contributed by atoms with Crippen molar-refractivity contribution >= 4 is 17.6 Å². The number of hydrogen-bond donors (Lipinski definition) is 2. The van der Waals surface area contributed by atoms with Crippen LogP contribution in [0.15, 0.2) is 29.3 Å². The molecule has 0 bridgehead atoms. The van der Waals surface area contributed by atoms with Gasteiger partial charge in [-0.1, -0.05) is 29.8 Å². The van der Waals surface area contributed by atoms with Gasteiger partial charge in [0.15, 0.2) is 5.96 Å². The van der Waals surface area contributed by atoms with E-state index in [1.807, 2.05) is 24.3 Å². The van der Waals surface area contributed by atoms with Crippen molar-refractivity contribution < 1.29 is 4.74 Å². The zero-order valence-corrected chi connectivity index (χ0v) is 14.5. The maximum Gasteiger partial charge on any atom is 0.191 e. The van der Waals surface area contributed by atoms with Crippen molar-refractivity contribution in [2.45, 2.75) is 13.5 Å². The summed E-state index contributed by atoms with van der Waals surface area (Å²) in [6.45, 7) is 6.87. The van der Waals surface area contributed by atoms with Crippen molar-refractivity contribution in [3.63, 3.8) is 0 Å². The number of likely N-dealkylation sites (N-methyl/N-ethyl adjacent to an activating group) is 1. The van der Waals surface area contributed by atoms with Crippen LogP contribution in [0.5, 0.6) is 0 Å². The fraction of sp³-hybridized carbons (Fsp3) is 0.562. The number of nitrogens with one attached hydrogen (secondary N) is 2. The Morgan fingerprint density at radius 1 is 1.27 bits per heavy atom. The van der Waals surface area contributed by atoms with Crippen LogP contribution in [0.25, 0.3) is 0 Å². The summed E-state index contributed by atoms with van der Waals surface area (Å²) in [5.74, 6) is 0.808. The molecule has 6 heteroatoms. The molecule has 2 N–H and O–H groups in total. The van der Waals surface area contributed by atoms with E-state index in [1.54, 1.807) is 7.11 Å². The summed E-state index contributed by atoms with van der Waals surface area (Å²) in [6, 6.07) is 7.78. The highest BCUT2D eigenvalue weighted by Crippen LogP contribution is 2.15. The second kappa shape index (κ2) is 11.3. The molecule has 1 aromatic carbocycles. The third-order valence-corrected chi connectivity index (χ3v) is 3.54. The van der Waals surface area contributed by atoms with Crippen LogP contribution in [0, 0.1) is 0 Å². The SMILES string of the molecule is CCNC(=NCc1ccccc1Cl)NCCN(C)CCOC. The Labute approximate surface area is 138 Å². The van der Waals surface area contributed by atoms with Gasteiger partial charge in [-0.15, -0.1) is 0 Å². The van der Waals surface area contributed by atoms with Crippen molar-refractivity contribution in [2.24, 2.45) is 4.99 Å². The van der Waals surface area contributed by atoms with E-state index in [4.69, 9.17) is 16.3 Å². The second-order valence-electron chi connectivity index (χ2n) is 5.01. The number of benzene rings is 1. The summed E-state index contributed by atoms with van der Waals surface area (Å²) in [7, 11) is 3.80. The van der Waals surface area contributed by atoms with Gasteiger partial charge in [-0.3, -0.25) is 0 Å². The van der Waals surface area contributed by atoms with E-state index in [0.29, 0.717) is 6.54 Å². The van der Waals surface area contributed by atoms with Crippen molar-refractivity contribution in [2.75, 3.05) is 46.9 Å². The third kappa shape index (κ3) is 7.64. The second-order valence-corrected chi connectivity index (χ2v) is 5.42. The number of hydrogen-bond acceptors (Lipinski definition) is 3. The molecule has 0 aliphatic rings. The van der Waals surface area contributed by atoms with Gasteiger partial charge < -0.3 is 20.3 Å². The van der Waals surface area contributed by atoms with Gasteiger partial charge in [-0.25, -0.2) is 4.99 Å². The number of guanidine groups is 1. The third-order valence-electron chi connectivity index (χ3n) is 3.17. The molecule has 0 atom stereocenters. The number of aliphatic imine (C=N–C) groups is 1. The highest BCUT2D eigenvalue weighted by molar-refractivity contribution is 6.31. The molecule has 124 valence electrons. The molecule has 0 aromatic heterocycles. The molecule has 0 saturated carbocycles. The lowest BCUT2D eigenvalue weighted by Gasteiger charge is -2.17. The van der Waals surface area contributed by atoms with E-state index in [2.05, 4.69) is 34.5 Å². The first-order valence-corrected chi connectivity index (χ1v) is 7.98. The normalized spacial score (nSPS) is 11.8. The Hall–Kier alpha value is -1.30. The van der Waals surface area contributed by atoms with Crippen molar-refractivity contribution in [1.82, 2.24) is 15.5 Å². The molecule has 0 aliphatic carbocycles. The number of methoxy groups -OCH3 is 1. The van der Waals surface area contributed by atoms with E-state index in [-0.39, 0.29) is 0 Å². The molecule has 0 radical (unpaired) electrons. The number of ether oxygens (including phenoxy) is 1. The molecule has 0 aliphatic heterocycles. The predicted molar refractivity (Wildman–Crippen MR) is 93.6 cm³/mol. The van der Waals surface area contributed by atoms with Gasteiger partial charge in [-0.05, 0) is 25.6 Å². The van der Waals surface area contributed by atoms with Gasteiger partial charge >= 0.3 is 0 Å². The lowest BCUT2D eigenvalue weighted by atomic mass is 10.2. The average Bonchev–Trinajstić information content (AvgIpc) is 2.52.